The first-order valence-electron chi connectivity index (χ1n) is 11.8. The van der Waals surface area contributed by atoms with Crippen molar-refractivity contribution in [2.24, 2.45) is 11.7 Å². The SMILES string of the molecule is CC[C@@H](NC(=O)c1cnc2c(cnn2CC)c1NC1CCC(C(N)=O)CC1)c1ccccc1. The van der Waals surface area contributed by atoms with Crippen LogP contribution >= 0.6 is 0 Å². The molecule has 1 atom stereocenters. The van der Waals surface area contributed by atoms with E-state index in [0.717, 1.165) is 54.4 Å². The van der Waals surface area contributed by atoms with E-state index in [4.69, 9.17) is 5.73 Å². The van der Waals surface area contributed by atoms with Gasteiger partial charge in [-0.05, 0) is 44.6 Å². The number of benzene rings is 1. The van der Waals surface area contributed by atoms with Crippen LogP contribution in [0, 0.1) is 5.92 Å². The molecule has 0 saturated heterocycles. The molecule has 8 heteroatoms. The van der Waals surface area contributed by atoms with E-state index >= 15 is 0 Å². The summed E-state index contributed by atoms with van der Waals surface area (Å²) in [6, 6.07) is 10.0. The molecule has 8 nitrogen and oxygen atoms in total. The molecule has 0 radical (unpaired) electrons. The summed E-state index contributed by atoms with van der Waals surface area (Å²) in [5.41, 5.74) is 8.57. The van der Waals surface area contributed by atoms with Gasteiger partial charge in [0.2, 0.25) is 5.91 Å². The molecule has 1 fully saturated rings. The number of rotatable bonds is 8. The van der Waals surface area contributed by atoms with Crippen molar-refractivity contribution in [2.75, 3.05) is 5.32 Å². The second-order valence-corrected chi connectivity index (χ2v) is 8.68. The molecule has 33 heavy (non-hydrogen) atoms. The zero-order valence-corrected chi connectivity index (χ0v) is 19.3. The van der Waals surface area contributed by atoms with Gasteiger partial charge >= 0.3 is 0 Å². The number of anilines is 1. The van der Waals surface area contributed by atoms with Gasteiger partial charge in [0.15, 0.2) is 5.65 Å². The molecule has 0 unspecified atom stereocenters. The quantitative estimate of drug-likeness (QED) is 0.485. The highest BCUT2D eigenvalue weighted by Crippen LogP contribution is 2.32. The number of primary amides is 1. The molecule has 4 rings (SSSR count). The van der Waals surface area contributed by atoms with Gasteiger partial charge in [-0.2, -0.15) is 5.10 Å². The number of fused-ring (bicyclic) bond motifs is 1. The number of carbonyl (C=O) groups excluding carboxylic acids is 2. The summed E-state index contributed by atoms with van der Waals surface area (Å²) in [4.78, 5) is 29.5. The Labute approximate surface area is 193 Å². The molecule has 174 valence electrons. The first kappa shape index (κ1) is 22.8. The molecule has 0 aliphatic heterocycles. The molecular weight excluding hydrogens is 416 g/mol. The minimum atomic E-state index is -0.226. The maximum atomic E-state index is 13.4. The van der Waals surface area contributed by atoms with Crippen LogP contribution in [0.1, 0.15) is 67.9 Å². The number of pyridine rings is 1. The van der Waals surface area contributed by atoms with Gasteiger partial charge in [-0.25, -0.2) is 9.67 Å². The van der Waals surface area contributed by atoms with Crippen LogP contribution in [0.3, 0.4) is 0 Å². The van der Waals surface area contributed by atoms with E-state index in [9.17, 15) is 9.59 Å². The first-order chi connectivity index (χ1) is 16.0. The molecule has 2 heterocycles. The van der Waals surface area contributed by atoms with Gasteiger partial charge in [0, 0.05) is 24.7 Å². The van der Waals surface area contributed by atoms with Crippen LogP contribution in [-0.2, 0) is 11.3 Å². The van der Waals surface area contributed by atoms with Gasteiger partial charge < -0.3 is 16.4 Å². The van der Waals surface area contributed by atoms with Crippen LogP contribution in [0.2, 0.25) is 0 Å². The summed E-state index contributed by atoms with van der Waals surface area (Å²) in [7, 11) is 0. The fraction of sp³-hybridized carbons (Fsp3) is 0.440. The van der Waals surface area contributed by atoms with Crippen LogP contribution in [0.4, 0.5) is 5.69 Å². The van der Waals surface area contributed by atoms with E-state index < -0.39 is 0 Å². The number of nitrogens with two attached hydrogens (primary N) is 1. The summed E-state index contributed by atoms with van der Waals surface area (Å²) < 4.78 is 1.82. The van der Waals surface area contributed by atoms with Crippen LogP contribution < -0.4 is 16.4 Å². The Bertz CT molecular complexity index is 1120. The number of amides is 2. The molecule has 0 bridgehead atoms. The van der Waals surface area contributed by atoms with E-state index in [-0.39, 0.29) is 29.8 Å². The van der Waals surface area contributed by atoms with Crippen molar-refractivity contribution in [3.05, 3.63) is 53.9 Å². The van der Waals surface area contributed by atoms with E-state index in [2.05, 4.69) is 27.6 Å². The predicted octanol–water partition coefficient (Wildman–Crippen LogP) is 3.79. The monoisotopic (exact) mass is 448 g/mol. The lowest BCUT2D eigenvalue weighted by molar-refractivity contribution is -0.122. The van der Waals surface area contributed by atoms with Gasteiger partial charge in [0.25, 0.3) is 5.91 Å². The molecule has 1 aliphatic carbocycles. The third kappa shape index (κ3) is 4.84. The highest BCUT2D eigenvalue weighted by Gasteiger charge is 2.27. The van der Waals surface area contributed by atoms with Crippen molar-refractivity contribution in [2.45, 2.75) is 64.6 Å². The molecule has 4 N–H and O–H groups in total. The van der Waals surface area contributed by atoms with E-state index in [1.807, 2.05) is 41.9 Å². The van der Waals surface area contributed by atoms with Crippen LogP contribution in [0.15, 0.2) is 42.7 Å². The van der Waals surface area contributed by atoms with Crippen LogP contribution in [0.5, 0.6) is 0 Å². The number of hydrogen-bond donors (Lipinski definition) is 3. The van der Waals surface area contributed by atoms with Gasteiger partial charge in [0.1, 0.15) is 0 Å². The largest absolute Gasteiger partial charge is 0.381 e. The molecule has 2 aromatic heterocycles. The number of nitrogens with one attached hydrogen (secondary N) is 2. The fourth-order valence-electron chi connectivity index (χ4n) is 4.65. The van der Waals surface area contributed by atoms with Crippen molar-refractivity contribution < 1.29 is 9.59 Å². The van der Waals surface area contributed by atoms with E-state index in [1.165, 1.54) is 0 Å². The van der Waals surface area contributed by atoms with Gasteiger partial charge in [-0.1, -0.05) is 37.3 Å². The predicted molar refractivity (Wildman–Crippen MR) is 129 cm³/mol. The number of aromatic nitrogens is 3. The van der Waals surface area contributed by atoms with Crippen LogP contribution in [-0.4, -0.2) is 32.6 Å². The third-order valence-corrected chi connectivity index (χ3v) is 6.60. The minimum Gasteiger partial charge on any atom is -0.381 e. The summed E-state index contributed by atoms with van der Waals surface area (Å²) in [6.45, 7) is 4.76. The van der Waals surface area contributed by atoms with Gasteiger partial charge in [0.05, 0.1) is 28.9 Å². The number of nitrogens with zero attached hydrogens (tertiary/aromatic N) is 3. The number of aryl methyl sites for hydroxylation is 1. The molecule has 1 saturated carbocycles. The topological polar surface area (TPSA) is 115 Å². The third-order valence-electron chi connectivity index (χ3n) is 6.60. The summed E-state index contributed by atoms with van der Waals surface area (Å²) in [5.74, 6) is -0.462. The molecule has 3 aromatic rings. The lowest BCUT2D eigenvalue weighted by Crippen LogP contribution is -2.33. The average Bonchev–Trinajstić information content (AvgIpc) is 3.27. The average molecular weight is 449 g/mol. The Morgan fingerprint density at radius 2 is 1.85 bits per heavy atom. The van der Waals surface area contributed by atoms with Crippen molar-refractivity contribution in [1.29, 1.82) is 0 Å². The standard InChI is InChI=1S/C25H32N6O2/c1-3-21(16-8-6-5-7-9-16)30-25(33)20-14-27-24-19(15-28-31(24)4-2)22(20)29-18-12-10-17(11-13-18)23(26)32/h5-9,14-15,17-18,21H,3-4,10-13H2,1-2H3,(H2,26,32)(H,27,29)(H,30,33)/t17?,18?,21-/m1/s1. The van der Waals surface area contributed by atoms with Crippen molar-refractivity contribution in [1.82, 2.24) is 20.1 Å². The normalized spacial score (nSPS) is 19.2. The molecule has 2 amide bonds. The van der Waals surface area contributed by atoms with Gasteiger partial charge in [-0.15, -0.1) is 0 Å². The Kier molecular flexibility index (Phi) is 6.91. The Morgan fingerprint density at radius 3 is 2.48 bits per heavy atom. The lowest BCUT2D eigenvalue weighted by Gasteiger charge is -2.29. The lowest BCUT2D eigenvalue weighted by atomic mass is 9.85. The van der Waals surface area contributed by atoms with Crippen molar-refractivity contribution in [3.8, 4) is 0 Å². The zero-order valence-electron chi connectivity index (χ0n) is 19.3. The maximum Gasteiger partial charge on any atom is 0.255 e. The molecule has 0 spiro atoms. The fourth-order valence-corrected chi connectivity index (χ4v) is 4.65. The van der Waals surface area contributed by atoms with Gasteiger partial charge in [-0.3, -0.25) is 9.59 Å². The summed E-state index contributed by atoms with van der Waals surface area (Å²) in [6.07, 6.45) is 7.34. The summed E-state index contributed by atoms with van der Waals surface area (Å²) >= 11 is 0. The second kappa shape index (κ2) is 10.0. The van der Waals surface area contributed by atoms with Crippen LogP contribution in [0.25, 0.3) is 11.0 Å². The van der Waals surface area contributed by atoms with E-state index in [0.29, 0.717) is 12.1 Å². The number of carbonyl (C=O) groups is 2. The Morgan fingerprint density at radius 1 is 1.12 bits per heavy atom. The Balaban J connectivity index is 1.63. The Hall–Kier alpha value is -3.42. The number of hydrogen-bond acceptors (Lipinski definition) is 5. The first-order valence-corrected chi connectivity index (χ1v) is 11.8. The zero-order chi connectivity index (χ0) is 23.4. The highest BCUT2D eigenvalue weighted by atomic mass is 16.2. The summed E-state index contributed by atoms with van der Waals surface area (Å²) in [5, 5.41) is 12.0. The molecule has 1 aromatic carbocycles. The van der Waals surface area contributed by atoms with E-state index in [1.54, 1.807) is 12.4 Å². The second-order valence-electron chi connectivity index (χ2n) is 8.68. The van der Waals surface area contributed by atoms with Crippen molar-refractivity contribution in [3.63, 3.8) is 0 Å². The van der Waals surface area contributed by atoms with Crippen molar-refractivity contribution >= 4 is 28.5 Å². The maximum absolute atomic E-state index is 13.4. The molecular formula is C25H32N6O2. The minimum absolute atomic E-state index is 0.0673. The highest BCUT2D eigenvalue weighted by molar-refractivity contribution is 6.06. The smallest absolute Gasteiger partial charge is 0.255 e. The molecule has 1 aliphatic rings.